The molecule has 0 radical (unpaired) electrons. The average Bonchev–Trinajstić information content (AvgIpc) is 3.27. The number of ether oxygens (including phenoxy) is 1. The number of tetrazole rings is 1. The zero-order valence-corrected chi connectivity index (χ0v) is 13.0. The average molecular weight is 335 g/mol. The summed E-state index contributed by atoms with van der Waals surface area (Å²) in [7, 11) is 0. The second-order valence-electron chi connectivity index (χ2n) is 5.54. The topological polar surface area (TPSA) is 99.0 Å². The molecule has 1 aromatic heterocycles. The van der Waals surface area contributed by atoms with Crippen LogP contribution in [0.2, 0.25) is 0 Å². The number of amides is 1. The number of benzene rings is 2. The third-order valence-corrected chi connectivity index (χ3v) is 3.94. The molecule has 25 heavy (non-hydrogen) atoms. The fourth-order valence-corrected chi connectivity index (χ4v) is 2.77. The smallest absolute Gasteiger partial charge is 0.338 e. The summed E-state index contributed by atoms with van der Waals surface area (Å²) in [6.45, 7) is 0.215. The van der Waals surface area contributed by atoms with E-state index >= 15 is 0 Å². The Bertz CT molecular complexity index is 925. The van der Waals surface area contributed by atoms with E-state index in [-0.39, 0.29) is 18.5 Å². The first-order valence-electron chi connectivity index (χ1n) is 7.61. The third kappa shape index (κ3) is 2.85. The predicted octanol–water partition coefficient (Wildman–Crippen LogP) is 1.57. The zero-order valence-electron chi connectivity index (χ0n) is 13.0. The van der Waals surface area contributed by atoms with Crippen molar-refractivity contribution < 1.29 is 14.3 Å². The molecule has 0 bridgehead atoms. The van der Waals surface area contributed by atoms with Crippen molar-refractivity contribution >= 4 is 17.6 Å². The molecule has 1 aliphatic heterocycles. The largest absolute Gasteiger partial charge is 0.457 e. The third-order valence-electron chi connectivity index (χ3n) is 3.94. The van der Waals surface area contributed by atoms with Gasteiger partial charge < -0.3 is 10.1 Å². The minimum absolute atomic E-state index is 0.215. The quantitative estimate of drug-likeness (QED) is 0.727. The molecule has 0 saturated heterocycles. The molecule has 0 spiro atoms. The molecule has 0 aliphatic carbocycles. The molecule has 1 aliphatic rings. The van der Waals surface area contributed by atoms with Gasteiger partial charge in [-0.05, 0) is 34.2 Å². The number of cyclic esters (lactones) is 1. The van der Waals surface area contributed by atoms with Crippen molar-refractivity contribution in [3.8, 4) is 0 Å². The van der Waals surface area contributed by atoms with Gasteiger partial charge in [-0.1, -0.05) is 30.3 Å². The summed E-state index contributed by atoms with van der Waals surface area (Å²) in [5, 5.41) is 13.9. The summed E-state index contributed by atoms with van der Waals surface area (Å²) in [6.07, 6.45) is 1.40. The lowest BCUT2D eigenvalue weighted by Gasteiger charge is -2.17. The second-order valence-corrected chi connectivity index (χ2v) is 5.54. The van der Waals surface area contributed by atoms with E-state index in [0.717, 1.165) is 11.1 Å². The lowest BCUT2D eigenvalue weighted by molar-refractivity contribution is -0.118. The molecule has 1 atom stereocenters. The van der Waals surface area contributed by atoms with Crippen molar-refractivity contribution in [3.05, 3.63) is 71.5 Å². The van der Waals surface area contributed by atoms with Gasteiger partial charge >= 0.3 is 5.97 Å². The Morgan fingerprint density at radius 1 is 1.20 bits per heavy atom. The van der Waals surface area contributed by atoms with Crippen molar-refractivity contribution in [3.63, 3.8) is 0 Å². The fourth-order valence-electron chi connectivity index (χ4n) is 2.77. The van der Waals surface area contributed by atoms with Crippen LogP contribution in [0, 0.1) is 0 Å². The van der Waals surface area contributed by atoms with Crippen molar-refractivity contribution in [2.45, 2.75) is 12.6 Å². The number of hydrogen-bond acceptors (Lipinski definition) is 6. The first-order chi connectivity index (χ1) is 12.2. The molecule has 2 aromatic carbocycles. The first kappa shape index (κ1) is 15.0. The van der Waals surface area contributed by atoms with Gasteiger partial charge in [-0.15, -0.1) is 5.10 Å². The summed E-state index contributed by atoms with van der Waals surface area (Å²) in [6, 6.07) is 13.6. The highest BCUT2D eigenvalue weighted by Crippen LogP contribution is 2.25. The van der Waals surface area contributed by atoms with Crippen molar-refractivity contribution in [2.75, 3.05) is 5.32 Å². The number of anilines is 1. The van der Waals surface area contributed by atoms with E-state index in [0.29, 0.717) is 11.3 Å². The van der Waals surface area contributed by atoms with Gasteiger partial charge in [-0.25, -0.2) is 9.48 Å². The predicted molar refractivity (Wildman–Crippen MR) is 86.6 cm³/mol. The summed E-state index contributed by atoms with van der Waals surface area (Å²) < 4.78 is 6.37. The summed E-state index contributed by atoms with van der Waals surface area (Å²) in [5.74, 6) is -0.632. The van der Waals surface area contributed by atoms with Gasteiger partial charge in [0, 0.05) is 11.3 Å². The second kappa shape index (κ2) is 6.16. The Hall–Kier alpha value is -3.55. The van der Waals surface area contributed by atoms with Crippen molar-refractivity contribution in [1.29, 1.82) is 0 Å². The SMILES string of the molecule is O=C1OCc2cc(NC(=O)[C@@H](c3ccccc3)n3cnnn3)ccc21. The van der Waals surface area contributed by atoms with Gasteiger partial charge in [0.25, 0.3) is 5.91 Å². The molecule has 0 fully saturated rings. The van der Waals surface area contributed by atoms with Crippen molar-refractivity contribution in [1.82, 2.24) is 20.2 Å². The standard InChI is InChI=1S/C17H13N5O3/c23-16(19-13-6-7-14-12(8-13)9-25-17(14)24)15(22-10-18-20-21-22)11-4-2-1-3-5-11/h1-8,10,15H,9H2,(H,19,23)/t15-/m1/s1. The number of aromatic nitrogens is 4. The number of nitrogens with zero attached hydrogens (tertiary/aromatic N) is 4. The maximum absolute atomic E-state index is 12.9. The summed E-state index contributed by atoms with van der Waals surface area (Å²) >= 11 is 0. The van der Waals surface area contributed by atoms with E-state index in [1.54, 1.807) is 18.2 Å². The van der Waals surface area contributed by atoms with Crippen LogP contribution in [-0.4, -0.2) is 32.1 Å². The number of carbonyl (C=O) groups excluding carboxylic acids is 2. The highest BCUT2D eigenvalue weighted by Gasteiger charge is 2.25. The molecule has 124 valence electrons. The van der Waals surface area contributed by atoms with Crippen LogP contribution in [0.15, 0.2) is 54.9 Å². The molecule has 3 aromatic rings. The van der Waals surface area contributed by atoms with Crippen LogP contribution in [0.4, 0.5) is 5.69 Å². The number of carbonyl (C=O) groups is 2. The van der Waals surface area contributed by atoms with E-state index in [4.69, 9.17) is 4.74 Å². The lowest BCUT2D eigenvalue weighted by atomic mass is 10.1. The van der Waals surface area contributed by atoms with E-state index < -0.39 is 6.04 Å². The van der Waals surface area contributed by atoms with Gasteiger partial charge in [-0.2, -0.15) is 0 Å². The Kier molecular flexibility index (Phi) is 3.70. The zero-order chi connectivity index (χ0) is 17.2. The van der Waals surface area contributed by atoms with Gasteiger partial charge in [-0.3, -0.25) is 4.79 Å². The monoisotopic (exact) mass is 335 g/mol. The van der Waals surface area contributed by atoms with Gasteiger partial charge in [0.05, 0.1) is 5.56 Å². The molecule has 1 N–H and O–H groups in total. The van der Waals surface area contributed by atoms with Gasteiger partial charge in [0.2, 0.25) is 0 Å². The molecule has 0 unspecified atom stereocenters. The van der Waals surface area contributed by atoms with Crippen LogP contribution >= 0.6 is 0 Å². The van der Waals surface area contributed by atoms with Crippen LogP contribution in [0.25, 0.3) is 0 Å². The molecule has 8 nitrogen and oxygen atoms in total. The minimum Gasteiger partial charge on any atom is -0.457 e. The normalized spacial score (nSPS) is 13.8. The number of esters is 1. The number of fused-ring (bicyclic) bond motifs is 1. The Balaban J connectivity index is 1.63. The Morgan fingerprint density at radius 3 is 2.80 bits per heavy atom. The van der Waals surface area contributed by atoms with E-state index in [1.165, 1.54) is 11.0 Å². The number of rotatable bonds is 4. The minimum atomic E-state index is -0.706. The van der Waals surface area contributed by atoms with E-state index in [9.17, 15) is 9.59 Å². The molecular formula is C17H13N5O3. The fraction of sp³-hybridized carbons (Fsp3) is 0.118. The van der Waals surface area contributed by atoms with E-state index in [2.05, 4.69) is 20.8 Å². The van der Waals surface area contributed by atoms with Gasteiger partial charge in [0.1, 0.15) is 12.9 Å². The molecule has 4 rings (SSSR count). The molecular weight excluding hydrogens is 322 g/mol. The number of hydrogen-bond donors (Lipinski definition) is 1. The Morgan fingerprint density at radius 2 is 2.04 bits per heavy atom. The lowest BCUT2D eigenvalue weighted by Crippen LogP contribution is -2.27. The summed E-state index contributed by atoms with van der Waals surface area (Å²) in [4.78, 5) is 24.4. The van der Waals surface area contributed by atoms with Crippen molar-refractivity contribution in [2.24, 2.45) is 0 Å². The highest BCUT2D eigenvalue weighted by molar-refractivity contribution is 5.98. The Labute approximate surface area is 142 Å². The first-order valence-corrected chi connectivity index (χ1v) is 7.61. The molecule has 1 amide bonds. The van der Waals surface area contributed by atoms with E-state index in [1.807, 2.05) is 30.3 Å². The van der Waals surface area contributed by atoms with Crippen LogP contribution < -0.4 is 5.32 Å². The van der Waals surface area contributed by atoms with Crippen LogP contribution in [0.3, 0.4) is 0 Å². The molecule has 2 heterocycles. The molecule has 0 saturated carbocycles. The maximum atomic E-state index is 12.9. The van der Waals surface area contributed by atoms with Crippen LogP contribution in [0.5, 0.6) is 0 Å². The van der Waals surface area contributed by atoms with Crippen LogP contribution in [-0.2, 0) is 16.1 Å². The highest BCUT2D eigenvalue weighted by atomic mass is 16.5. The number of nitrogens with one attached hydrogen (secondary N) is 1. The maximum Gasteiger partial charge on any atom is 0.338 e. The van der Waals surface area contributed by atoms with Gasteiger partial charge in [0.15, 0.2) is 6.04 Å². The van der Waals surface area contributed by atoms with Crippen LogP contribution in [0.1, 0.15) is 27.5 Å². The molecule has 8 heteroatoms. The summed E-state index contributed by atoms with van der Waals surface area (Å²) in [5.41, 5.74) is 2.61.